The molecule has 1 unspecified atom stereocenters. The summed E-state index contributed by atoms with van der Waals surface area (Å²) >= 11 is 3.37. The number of hydrogen-bond acceptors (Lipinski definition) is 3. The summed E-state index contributed by atoms with van der Waals surface area (Å²) < 4.78 is 5.97. The minimum absolute atomic E-state index is 0.145. The Morgan fingerprint density at radius 3 is 2.71 bits per heavy atom. The number of ether oxygens (including phenoxy) is 1. The molecule has 0 amide bonds. The molecule has 0 spiro atoms. The standard InChI is InChI=1S/C10H14BrNO2/c1-10(13,6-12)9-7(11)4-3-5-8(9)14-2/h3-5,13H,6,12H2,1-2H3. The van der Waals surface area contributed by atoms with Crippen molar-refractivity contribution < 1.29 is 9.84 Å². The van der Waals surface area contributed by atoms with E-state index in [0.29, 0.717) is 11.3 Å². The van der Waals surface area contributed by atoms with Gasteiger partial charge in [-0.3, -0.25) is 0 Å². The molecule has 0 aliphatic carbocycles. The number of rotatable bonds is 3. The van der Waals surface area contributed by atoms with Crippen LogP contribution in [-0.4, -0.2) is 18.8 Å². The van der Waals surface area contributed by atoms with Gasteiger partial charge in [-0.25, -0.2) is 0 Å². The molecule has 0 heterocycles. The van der Waals surface area contributed by atoms with E-state index >= 15 is 0 Å². The third-order valence-corrected chi connectivity index (χ3v) is 2.79. The summed E-state index contributed by atoms with van der Waals surface area (Å²) in [5, 5.41) is 10.1. The molecule has 4 heteroatoms. The fourth-order valence-electron chi connectivity index (χ4n) is 1.30. The van der Waals surface area contributed by atoms with Gasteiger partial charge in [-0.2, -0.15) is 0 Å². The molecule has 0 saturated carbocycles. The Bertz CT molecular complexity index is 326. The van der Waals surface area contributed by atoms with Crippen molar-refractivity contribution in [1.82, 2.24) is 0 Å². The van der Waals surface area contributed by atoms with E-state index in [4.69, 9.17) is 10.5 Å². The Morgan fingerprint density at radius 1 is 1.57 bits per heavy atom. The third kappa shape index (κ3) is 2.08. The number of aliphatic hydroxyl groups is 1. The van der Waals surface area contributed by atoms with Gasteiger partial charge in [-0.05, 0) is 19.1 Å². The van der Waals surface area contributed by atoms with Crippen molar-refractivity contribution in [3.05, 3.63) is 28.2 Å². The van der Waals surface area contributed by atoms with Crippen LogP contribution in [0.2, 0.25) is 0 Å². The van der Waals surface area contributed by atoms with E-state index in [1.165, 1.54) is 0 Å². The van der Waals surface area contributed by atoms with Gasteiger partial charge in [-0.15, -0.1) is 0 Å². The van der Waals surface area contributed by atoms with Crippen LogP contribution in [0, 0.1) is 0 Å². The average Bonchev–Trinajstić information content (AvgIpc) is 2.17. The first-order valence-corrected chi connectivity index (χ1v) is 5.07. The lowest BCUT2D eigenvalue weighted by Crippen LogP contribution is -2.32. The van der Waals surface area contributed by atoms with Gasteiger partial charge in [0, 0.05) is 16.6 Å². The van der Waals surface area contributed by atoms with Gasteiger partial charge in [0.1, 0.15) is 11.4 Å². The van der Waals surface area contributed by atoms with Crippen molar-refractivity contribution in [2.45, 2.75) is 12.5 Å². The second kappa shape index (κ2) is 4.29. The van der Waals surface area contributed by atoms with Crippen molar-refractivity contribution in [2.24, 2.45) is 5.73 Å². The molecule has 3 nitrogen and oxygen atoms in total. The summed E-state index contributed by atoms with van der Waals surface area (Å²) in [7, 11) is 1.57. The smallest absolute Gasteiger partial charge is 0.126 e. The van der Waals surface area contributed by atoms with Gasteiger partial charge in [0.25, 0.3) is 0 Å². The first-order valence-electron chi connectivity index (χ1n) is 4.28. The Kier molecular flexibility index (Phi) is 3.53. The normalized spacial score (nSPS) is 14.9. The number of methoxy groups -OCH3 is 1. The Morgan fingerprint density at radius 2 is 2.21 bits per heavy atom. The van der Waals surface area contributed by atoms with Gasteiger partial charge in [0.15, 0.2) is 0 Å². The van der Waals surface area contributed by atoms with E-state index in [0.717, 1.165) is 4.47 Å². The van der Waals surface area contributed by atoms with Crippen molar-refractivity contribution in [3.63, 3.8) is 0 Å². The minimum Gasteiger partial charge on any atom is -0.496 e. The zero-order chi connectivity index (χ0) is 10.8. The summed E-state index contributed by atoms with van der Waals surface area (Å²) in [4.78, 5) is 0. The lowest BCUT2D eigenvalue weighted by atomic mass is 9.95. The molecule has 1 aromatic rings. The molecule has 0 radical (unpaired) electrons. The second-order valence-corrected chi connectivity index (χ2v) is 4.15. The van der Waals surface area contributed by atoms with Crippen LogP contribution in [0.5, 0.6) is 5.75 Å². The number of nitrogens with two attached hydrogens (primary N) is 1. The van der Waals surface area contributed by atoms with Crippen LogP contribution in [0.25, 0.3) is 0 Å². The molecule has 1 rings (SSSR count). The van der Waals surface area contributed by atoms with E-state index in [1.807, 2.05) is 12.1 Å². The zero-order valence-electron chi connectivity index (χ0n) is 8.25. The second-order valence-electron chi connectivity index (χ2n) is 3.30. The molecule has 1 atom stereocenters. The highest BCUT2D eigenvalue weighted by Crippen LogP contribution is 2.35. The van der Waals surface area contributed by atoms with Crippen LogP contribution in [0.15, 0.2) is 22.7 Å². The molecule has 0 saturated heterocycles. The molecular formula is C10H14BrNO2. The van der Waals surface area contributed by atoms with Crippen LogP contribution in [-0.2, 0) is 5.60 Å². The summed E-state index contributed by atoms with van der Waals surface area (Å²) in [5.41, 5.74) is 5.11. The fourth-order valence-corrected chi connectivity index (χ4v) is 2.07. The summed E-state index contributed by atoms with van der Waals surface area (Å²) in [6, 6.07) is 5.49. The van der Waals surface area contributed by atoms with E-state index < -0.39 is 5.60 Å². The summed E-state index contributed by atoms with van der Waals surface area (Å²) in [6.45, 7) is 1.81. The molecule has 0 aliphatic heterocycles. The molecule has 78 valence electrons. The monoisotopic (exact) mass is 259 g/mol. The van der Waals surface area contributed by atoms with Crippen LogP contribution in [0.4, 0.5) is 0 Å². The van der Waals surface area contributed by atoms with Crippen LogP contribution >= 0.6 is 15.9 Å². The molecular weight excluding hydrogens is 246 g/mol. The van der Waals surface area contributed by atoms with Gasteiger partial charge in [0.2, 0.25) is 0 Å². The van der Waals surface area contributed by atoms with Gasteiger partial charge >= 0.3 is 0 Å². The highest BCUT2D eigenvalue weighted by molar-refractivity contribution is 9.10. The number of hydrogen-bond donors (Lipinski definition) is 2. The first kappa shape index (κ1) is 11.5. The lowest BCUT2D eigenvalue weighted by molar-refractivity contribution is 0.0633. The van der Waals surface area contributed by atoms with Crippen LogP contribution in [0.3, 0.4) is 0 Å². The predicted molar refractivity (Wildman–Crippen MR) is 59.3 cm³/mol. The maximum Gasteiger partial charge on any atom is 0.126 e. The van der Waals surface area contributed by atoms with Crippen molar-refractivity contribution in [2.75, 3.05) is 13.7 Å². The van der Waals surface area contributed by atoms with Gasteiger partial charge < -0.3 is 15.6 Å². The molecule has 0 fully saturated rings. The molecule has 0 aliphatic rings. The first-order chi connectivity index (χ1) is 6.53. The third-order valence-electron chi connectivity index (χ3n) is 2.13. The fraction of sp³-hybridized carbons (Fsp3) is 0.400. The highest BCUT2D eigenvalue weighted by Gasteiger charge is 2.27. The van der Waals surface area contributed by atoms with Crippen molar-refractivity contribution in [3.8, 4) is 5.75 Å². The highest BCUT2D eigenvalue weighted by atomic mass is 79.9. The predicted octanol–water partition coefficient (Wildman–Crippen LogP) is 1.62. The largest absolute Gasteiger partial charge is 0.496 e. The van der Waals surface area contributed by atoms with Crippen molar-refractivity contribution >= 4 is 15.9 Å². The number of halogens is 1. The van der Waals surface area contributed by atoms with E-state index in [2.05, 4.69) is 15.9 Å². The Labute approximate surface area is 92.0 Å². The van der Waals surface area contributed by atoms with E-state index in [1.54, 1.807) is 20.1 Å². The van der Waals surface area contributed by atoms with Gasteiger partial charge in [0.05, 0.1) is 7.11 Å². The molecule has 3 N–H and O–H groups in total. The van der Waals surface area contributed by atoms with Crippen molar-refractivity contribution in [1.29, 1.82) is 0 Å². The van der Waals surface area contributed by atoms with Crippen LogP contribution < -0.4 is 10.5 Å². The molecule has 1 aromatic carbocycles. The number of benzene rings is 1. The molecule has 0 aromatic heterocycles. The minimum atomic E-state index is -1.08. The molecule has 14 heavy (non-hydrogen) atoms. The molecule has 0 bridgehead atoms. The lowest BCUT2D eigenvalue weighted by Gasteiger charge is -2.25. The SMILES string of the molecule is COc1cccc(Br)c1C(C)(O)CN. The average molecular weight is 260 g/mol. The van der Waals surface area contributed by atoms with E-state index in [9.17, 15) is 5.11 Å². The van der Waals surface area contributed by atoms with Gasteiger partial charge in [-0.1, -0.05) is 22.0 Å². The zero-order valence-corrected chi connectivity index (χ0v) is 9.84. The summed E-state index contributed by atoms with van der Waals surface area (Å²) in [5.74, 6) is 0.634. The summed E-state index contributed by atoms with van der Waals surface area (Å²) in [6.07, 6.45) is 0. The maximum absolute atomic E-state index is 10.1. The Hall–Kier alpha value is -0.580. The Balaban J connectivity index is 3.30. The van der Waals surface area contributed by atoms with Crippen LogP contribution in [0.1, 0.15) is 12.5 Å². The topological polar surface area (TPSA) is 55.5 Å². The maximum atomic E-state index is 10.1. The van der Waals surface area contributed by atoms with E-state index in [-0.39, 0.29) is 6.54 Å². The quantitative estimate of drug-likeness (QED) is 0.868.